The van der Waals surface area contributed by atoms with Crippen molar-refractivity contribution in [1.82, 2.24) is 19.6 Å². The summed E-state index contributed by atoms with van der Waals surface area (Å²) in [6.07, 6.45) is 1.13. The lowest BCUT2D eigenvalue weighted by Gasteiger charge is -2.13. The van der Waals surface area contributed by atoms with Gasteiger partial charge < -0.3 is 0 Å². The van der Waals surface area contributed by atoms with E-state index in [1.807, 2.05) is 67.6 Å². The zero-order chi connectivity index (χ0) is 21.1. The lowest BCUT2D eigenvalue weighted by atomic mass is 9.96. The second-order valence-electron chi connectivity index (χ2n) is 7.21. The fraction of sp³-hybridized carbons (Fsp3) is 0.217. The zero-order valence-electron chi connectivity index (χ0n) is 16.9. The lowest BCUT2D eigenvalue weighted by molar-refractivity contribution is -0.117. The predicted molar refractivity (Wildman–Crippen MR) is 116 cm³/mol. The summed E-state index contributed by atoms with van der Waals surface area (Å²) >= 11 is 0. The number of anilines is 1. The van der Waals surface area contributed by atoms with E-state index in [1.54, 1.807) is 6.92 Å². The number of fused-ring (bicyclic) bond motifs is 1. The van der Waals surface area contributed by atoms with Crippen LogP contribution in [0.4, 0.5) is 5.95 Å². The number of H-pyrrole nitrogens is 1. The Balaban J connectivity index is 1.63. The summed E-state index contributed by atoms with van der Waals surface area (Å²) in [6, 6.07) is 19.4. The molecular formula is C23H23N5O2. The number of carbonyl (C=O) groups is 1. The van der Waals surface area contributed by atoms with Crippen molar-refractivity contribution in [1.29, 1.82) is 0 Å². The molecule has 2 heterocycles. The van der Waals surface area contributed by atoms with Crippen LogP contribution in [0.1, 0.15) is 41.6 Å². The summed E-state index contributed by atoms with van der Waals surface area (Å²) in [7, 11) is 0. The monoisotopic (exact) mass is 401 g/mol. The van der Waals surface area contributed by atoms with Crippen molar-refractivity contribution in [2.75, 3.05) is 5.32 Å². The Hall–Kier alpha value is -3.74. The largest absolute Gasteiger partial charge is 0.294 e. The van der Waals surface area contributed by atoms with Crippen LogP contribution in [0.15, 0.2) is 65.5 Å². The van der Waals surface area contributed by atoms with Gasteiger partial charge >= 0.3 is 0 Å². The SMILES string of the molecule is CC[C@H](C(=O)Nc1nc2nc(C)c(Cc3ccccc3)c(=O)n2[nH]1)c1ccccc1. The Morgan fingerprint density at radius 1 is 1.07 bits per heavy atom. The molecule has 7 nitrogen and oxygen atoms in total. The Morgan fingerprint density at radius 2 is 1.73 bits per heavy atom. The van der Waals surface area contributed by atoms with Crippen LogP contribution >= 0.6 is 0 Å². The molecule has 2 aromatic heterocycles. The van der Waals surface area contributed by atoms with Crippen molar-refractivity contribution in [2.45, 2.75) is 32.6 Å². The van der Waals surface area contributed by atoms with Crippen molar-refractivity contribution < 1.29 is 4.79 Å². The van der Waals surface area contributed by atoms with E-state index in [4.69, 9.17) is 0 Å². The van der Waals surface area contributed by atoms with Crippen LogP contribution in [0.5, 0.6) is 0 Å². The average molecular weight is 401 g/mol. The fourth-order valence-corrected chi connectivity index (χ4v) is 3.58. The van der Waals surface area contributed by atoms with Gasteiger partial charge in [0.25, 0.3) is 11.3 Å². The number of nitrogens with one attached hydrogen (secondary N) is 2. The molecule has 0 fully saturated rings. The number of aromatic amines is 1. The standard InChI is InChI=1S/C23H23N5O2/c1-3-18(17-12-8-5-9-13-17)20(29)25-22-26-23-24-15(2)19(21(30)28(23)27-22)14-16-10-6-4-7-11-16/h4-13,18H,3,14H2,1-2H3,(H2,24,25,26,27,29)/t18-/m0/s1. The van der Waals surface area contributed by atoms with Crippen LogP contribution in [0.25, 0.3) is 5.78 Å². The van der Waals surface area contributed by atoms with Crippen molar-refractivity contribution in [3.8, 4) is 0 Å². The zero-order valence-corrected chi connectivity index (χ0v) is 16.9. The third-order valence-corrected chi connectivity index (χ3v) is 5.19. The molecule has 0 aliphatic carbocycles. The molecule has 0 unspecified atom stereocenters. The molecule has 30 heavy (non-hydrogen) atoms. The van der Waals surface area contributed by atoms with Gasteiger partial charge in [0.15, 0.2) is 0 Å². The maximum Gasteiger partial charge on any atom is 0.277 e. The average Bonchev–Trinajstić information content (AvgIpc) is 3.15. The molecule has 152 valence electrons. The first-order valence-electron chi connectivity index (χ1n) is 9.94. The van der Waals surface area contributed by atoms with Gasteiger partial charge in [0.1, 0.15) is 0 Å². The van der Waals surface area contributed by atoms with Crippen LogP contribution in [-0.2, 0) is 11.2 Å². The molecule has 0 saturated heterocycles. The molecular weight excluding hydrogens is 378 g/mol. The Bertz CT molecular complexity index is 1230. The van der Waals surface area contributed by atoms with Gasteiger partial charge in [0, 0.05) is 12.0 Å². The van der Waals surface area contributed by atoms with Crippen LogP contribution in [0.3, 0.4) is 0 Å². The number of carbonyl (C=O) groups excluding carboxylic acids is 1. The summed E-state index contributed by atoms with van der Waals surface area (Å²) < 4.78 is 1.28. The van der Waals surface area contributed by atoms with E-state index in [-0.39, 0.29) is 29.1 Å². The lowest BCUT2D eigenvalue weighted by Crippen LogP contribution is -2.23. The number of amides is 1. The van der Waals surface area contributed by atoms with Crippen LogP contribution < -0.4 is 10.9 Å². The number of aromatic nitrogens is 4. The molecule has 2 N–H and O–H groups in total. The highest BCUT2D eigenvalue weighted by molar-refractivity contribution is 5.94. The highest BCUT2D eigenvalue weighted by Gasteiger charge is 2.21. The first-order valence-corrected chi connectivity index (χ1v) is 9.94. The minimum absolute atomic E-state index is 0.183. The third-order valence-electron chi connectivity index (χ3n) is 5.19. The maximum atomic E-state index is 13.0. The van der Waals surface area contributed by atoms with Crippen molar-refractivity contribution in [3.05, 3.63) is 93.4 Å². The van der Waals surface area contributed by atoms with E-state index < -0.39 is 0 Å². The van der Waals surface area contributed by atoms with Gasteiger partial charge in [0.05, 0.1) is 11.6 Å². The van der Waals surface area contributed by atoms with Gasteiger partial charge in [0.2, 0.25) is 11.9 Å². The molecule has 2 aromatic carbocycles. The first kappa shape index (κ1) is 19.6. The Kier molecular flexibility index (Phi) is 5.43. The molecule has 7 heteroatoms. The Morgan fingerprint density at radius 3 is 2.40 bits per heavy atom. The van der Waals surface area contributed by atoms with E-state index in [0.29, 0.717) is 24.1 Å². The topological polar surface area (TPSA) is 92.2 Å². The van der Waals surface area contributed by atoms with Gasteiger partial charge in [-0.1, -0.05) is 67.6 Å². The minimum atomic E-state index is -0.306. The summed E-state index contributed by atoms with van der Waals surface area (Å²) in [5, 5.41) is 5.67. The van der Waals surface area contributed by atoms with Crippen molar-refractivity contribution in [3.63, 3.8) is 0 Å². The second kappa shape index (κ2) is 8.32. The third kappa shape index (κ3) is 3.87. The van der Waals surface area contributed by atoms with Crippen LogP contribution in [0, 0.1) is 6.92 Å². The molecule has 0 saturated carbocycles. The van der Waals surface area contributed by atoms with Gasteiger partial charge in [-0.2, -0.15) is 9.50 Å². The Labute approximate surface area is 173 Å². The first-order chi connectivity index (χ1) is 14.6. The normalized spacial score (nSPS) is 12.1. The molecule has 0 radical (unpaired) electrons. The van der Waals surface area contributed by atoms with Crippen molar-refractivity contribution >= 4 is 17.6 Å². The highest BCUT2D eigenvalue weighted by atomic mass is 16.2. The van der Waals surface area contributed by atoms with Gasteiger partial charge in [-0.3, -0.25) is 20.0 Å². The van der Waals surface area contributed by atoms with Crippen LogP contribution in [-0.4, -0.2) is 25.5 Å². The van der Waals surface area contributed by atoms with E-state index in [2.05, 4.69) is 20.4 Å². The molecule has 0 spiro atoms. The predicted octanol–water partition coefficient (Wildman–Crippen LogP) is 3.45. The maximum absolute atomic E-state index is 13.0. The summed E-state index contributed by atoms with van der Waals surface area (Å²) in [5.74, 6) is -0.0517. The smallest absolute Gasteiger partial charge is 0.277 e. The van der Waals surface area contributed by atoms with Crippen molar-refractivity contribution in [2.24, 2.45) is 0 Å². The molecule has 0 aliphatic heterocycles. The molecule has 4 rings (SSSR count). The van der Waals surface area contributed by atoms with E-state index in [9.17, 15) is 9.59 Å². The minimum Gasteiger partial charge on any atom is -0.294 e. The summed E-state index contributed by atoms with van der Waals surface area (Å²) in [4.78, 5) is 34.6. The van der Waals surface area contributed by atoms with E-state index in [1.165, 1.54) is 4.52 Å². The quantitative estimate of drug-likeness (QED) is 0.518. The van der Waals surface area contributed by atoms with Crippen LogP contribution in [0.2, 0.25) is 0 Å². The molecule has 1 amide bonds. The van der Waals surface area contributed by atoms with Gasteiger partial charge in [-0.05, 0) is 24.5 Å². The summed E-state index contributed by atoms with van der Waals surface area (Å²) in [6.45, 7) is 3.76. The van der Waals surface area contributed by atoms with Gasteiger partial charge in [-0.25, -0.2) is 4.98 Å². The number of hydrogen-bond acceptors (Lipinski definition) is 4. The number of benzene rings is 2. The highest BCUT2D eigenvalue weighted by Crippen LogP contribution is 2.21. The van der Waals surface area contributed by atoms with E-state index in [0.717, 1.165) is 11.1 Å². The fourth-order valence-electron chi connectivity index (χ4n) is 3.58. The summed E-state index contributed by atoms with van der Waals surface area (Å²) in [5.41, 5.74) is 2.97. The molecule has 0 aliphatic rings. The number of rotatable bonds is 6. The molecule has 1 atom stereocenters. The number of aryl methyl sites for hydroxylation is 1. The second-order valence-corrected chi connectivity index (χ2v) is 7.21. The number of hydrogen-bond donors (Lipinski definition) is 2. The van der Waals surface area contributed by atoms with E-state index >= 15 is 0 Å². The number of nitrogens with zero attached hydrogens (tertiary/aromatic N) is 3. The molecule has 4 aromatic rings. The van der Waals surface area contributed by atoms with Gasteiger partial charge in [-0.15, -0.1) is 0 Å². The molecule has 0 bridgehead atoms.